The molecule has 3 aromatic carbocycles. The number of para-hydroxylation sites is 2. The van der Waals surface area contributed by atoms with E-state index in [1.54, 1.807) is 17.0 Å². The monoisotopic (exact) mass is 551 g/mol. The Kier molecular flexibility index (Phi) is 9.24. The maximum atomic E-state index is 14.3. The lowest BCUT2D eigenvalue weighted by molar-refractivity contribution is -0.144. The number of aryl methyl sites for hydroxylation is 1. The van der Waals surface area contributed by atoms with Gasteiger partial charge in [0.25, 0.3) is 5.89 Å². The van der Waals surface area contributed by atoms with Crippen molar-refractivity contribution in [2.24, 2.45) is 17.6 Å². The molecule has 0 bridgehead atoms. The molecule has 1 aromatic heterocycles. The summed E-state index contributed by atoms with van der Waals surface area (Å²) < 4.78 is 5.88. The SMILES string of the molecule is NC(=O)C(CC1CCCCC1)C(=O)N(Cc1ccccc1)C(CCc1ccccc1)C(=O)c1nc2ccccc2o1. The van der Waals surface area contributed by atoms with E-state index < -0.39 is 23.8 Å². The summed E-state index contributed by atoms with van der Waals surface area (Å²) in [6.07, 6.45) is 6.62. The van der Waals surface area contributed by atoms with Crippen LogP contribution in [0, 0.1) is 11.8 Å². The molecule has 0 radical (unpaired) electrons. The molecular formula is C34H37N3O4. The number of nitrogens with zero attached hydrogens (tertiary/aromatic N) is 2. The molecule has 7 heteroatoms. The second-order valence-corrected chi connectivity index (χ2v) is 11.0. The van der Waals surface area contributed by atoms with Crippen molar-refractivity contribution in [1.82, 2.24) is 9.88 Å². The number of carbonyl (C=O) groups is 3. The lowest BCUT2D eigenvalue weighted by Gasteiger charge is -2.34. The van der Waals surface area contributed by atoms with Crippen molar-refractivity contribution in [2.75, 3.05) is 0 Å². The molecule has 2 atom stereocenters. The number of benzene rings is 3. The van der Waals surface area contributed by atoms with Crippen molar-refractivity contribution in [1.29, 1.82) is 0 Å². The molecule has 0 saturated heterocycles. The van der Waals surface area contributed by atoms with Gasteiger partial charge in [-0.25, -0.2) is 4.98 Å². The standard InChI is InChI=1S/C34H37N3O4/c35-32(39)27(22-25-14-6-2-7-15-25)34(40)37(23-26-16-8-3-9-17-26)29(21-20-24-12-4-1-5-13-24)31(38)33-36-28-18-10-11-19-30(28)41-33/h1,3-5,8-13,16-19,25,27,29H,2,6-7,14-15,20-23H2,(H2,35,39). The fraction of sp³-hybridized carbons (Fsp3) is 0.353. The van der Waals surface area contributed by atoms with E-state index in [1.807, 2.05) is 72.8 Å². The van der Waals surface area contributed by atoms with Crippen LogP contribution in [0.25, 0.3) is 11.1 Å². The first-order chi connectivity index (χ1) is 20.0. The van der Waals surface area contributed by atoms with E-state index in [0.717, 1.165) is 36.8 Å². The maximum Gasteiger partial charge on any atom is 0.266 e. The van der Waals surface area contributed by atoms with Crippen molar-refractivity contribution in [3.63, 3.8) is 0 Å². The number of primary amides is 1. The smallest absolute Gasteiger partial charge is 0.266 e. The van der Waals surface area contributed by atoms with Crippen LogP contribution in [0.3, 0.4) is 0 Å². The average Bonchev–Trinajstić information content (AvgIpc) is 3.45. The van der Waals surface area contributed by atoms with Crippen LogP contribution < -0.4 is 5.73 Å². The van der Waals surface area contributed by atoms with Crippen molar-refractivity contribution in [2.45, 2.75) is 64.0 Å². The molecule has 7 nitrogen and oxygen atoms in total. The molecule has 212 valence electrons. The minimum Gasteiger partial charge on any atom is -0.434 e. The third-order valence-corrected chi connectivity index (χ3v) is 8.15. The molecule has 2 unspecified atom stereocenters. The van der Waals surface area contributed by atoms with Crippen molar-refractivity contribution in [3.8, 4) is 0 Å². The van der Waals surface area contributed by atoms with E-state index in [4.69, 9.17) is 10.2 Å². The second-order valence-electron chi connectivity index (χ2n) is 11.0. The fourth-order valence-electron chi connectivity index (χ4n) is 5.91. The Morgan fingerprint density at radius 3 is 2.15 bits per heavy atom. The molecule has 4 aromatic rings. The Bertz CT molecular complexity index is 1430. The quantitative estimate of drug-likeness (QED) is 0.169. The largest absolute Gasteiger partial charge is 0.434 e. The lowest BCUT2D eigenvalue weighted by Crippen LogP contribution is -2.50. The fourth-order valence-corrected chi connectivity index (χ4v) is 5.91. The minimum absolute atomic E-state index is 0.0435. The third-order valence-electron chi connectivity index (χ3n) is 8.15. The number of hydrogen-bond donors (Lipinski definition) is 1. The highest BCUT2D eigenvalue weighted by Crippen LogP contribution is 2.31. The summed E-state index contributed by atoms with van der Waals surface area (Å²) in [6.45, 7) is 0.166. The number of Topliss-reactive ketones (excluding diaryl/α,β-unsaturated/α-hetero) is 1. The zero-order valence-electron chi connectivity index (χ0n) is 23.3. The first kappa shape index (κ1) is 28.3. The first-order valence-corrected chi connectivity index (χ1v) is 14.6. The Labute approximate surface area is 240 Å². The van der Waals surface area contributed by atoms with Gasteiger partial charge in [-0.2, -0.15) is 0 Å². The third kappa shape index (κ3) is 7.09. The molecule has 2 N–H and O–H groups in total. The zero-order valence-corrected chi connectivity index (χ0v) is 23.3. The van der Waals surface area contributed by atoms with Gasteiger partial charge in [0.1, 0.15) is 17.5 Å². The summed E-state index contributed by atoms with van der Waals surface area (Å²) in [5.74, 6) is -2.22. The maximum absolute atomic E-state index is 14.3. The molecule has 1 saturated carbocycles. The lowest BCUT2D eigenvalue weighted by atomic mass is 9.82. The molecule has 1 fully saturated rings. The number of hydrogen-bond acceptors (Lipinski definition) is 5. The summed E-state index contributed by atoms with van der Waals surface area (Å²) in [5, 5.41) is 0. The molecule has 0 aliphatic heterocycles. The molecule has 1 aliphatic rings. The van der Waals surface area contributed by atoms with Gasteiger partial charge in [-0.05, 0) is 48.4 Å². The Morgan fingerprint density at radius 1 is 0.854 bits per heavy atom. The van der Waals surface area contributed by atoms with Crippen LogP contribution in [0.4, 0.5) is 0 Å². The average molecular weight is 552 g/mol. The van der Waals surface area contributed by atoms with Crippen LogP contribution in [0.5, 0.6) is 0 Å². The van der Waals surface area contributed by atoms with Gasteiger partial charge in [-0.1, -0.05) is 105 Å². The number of ketones is 1. The van der Waals surface area contributed by atoms with E-state index in [2.05, 4.69) is 4.98 Å². The highest BCUT2D eigenvalue weighted by molar-refractivity contribution is 6.04. The summed E-state index contributed by atoms with van der Waals surface area (Å²) in [5.41, 5.74) is 8.87. The normalized spacial score (nSPS) is 15.3. The molecule has 41 heavy (non-hydrogen) atoms. The van der Waals surface area contributed by atoms with Gasteiger partial charge in [0.2, 0.25) is 17.6 Å². The van der Waals surface area contributed by atoms with E-state index in [9.17, 15) is 14.4 Å². The number of fused-ring (bicyclic) bond motifs is 1. The van der Waals surface area contributed by atoms with Gasteiger partial charge >= 0.3 is 0 Å². The molecule has 1 aliphatic carbocycles. The molecular weight excluding hydrogens is 514 g/mol. The van der Waals surface area contributed by atoms with Gasteiger partial charge in [0, 0.05) is 6.54 Å². The predicted molar refractivity (Wildman–Crippen MR) is 158 cm³/mol. The Hall–Kier alpha value is -4.26. The number of nitrogens with two attached hydrogens (primary N) is 1. The predicted octanol–water partition coefficient (Wildman–Crippen LogP) is 6.11. The number of rotatable bonds is 12. The van der Waals surface area contributed by atoms with Gasteiger partial charge in [0.05, 0.1) is 0 Å². The number of carbonyl (C=O) groups excluding carboxylic acids is 3. The topological polar surface area (TPSA) is 106 Å². The Balaban J connectivity index is 1.52. The molecule has 1 heterocycles. The summed E-state index contributed by atoms with van der Waals surface area (Å²) >= 11 is 0. The molecule has 0 spiro atoms. The van der Waals surface area contributed by atoms with Gasteiger partial charge in [0.15, 0.2) is 5.58 Å². The minimum atomic E-state index is -1.00. The van der Waals surface area contributed by atoms with Crippen molar-refractivity contribution < 1.29 is 18.8 Å². The summed E-state index contributed by atoms with van der Waals surface area (Å²) in [6, 6.07) is 25.7. The number of aromatic nitrogens is 1. The van der Waals surface area contributed by atoms with Crippen LogP contribution >= 0.6 is 0 Å². The zero-order chi connectivity index (χ0) is 28.6. The Morgan fingerprint density at radius 2 is 1.49 bits per heavy atom. The van der Waals surface area contributed by atoms with Gasteiger partial charge < -0.3 is 15.1 Å². The second kappa shape index (κ2) is 13.4. The van der Waals surface area contributed by atoms with Crippen molar-refractivity contribution in [3.05, 3.63) is 102 Å². The number of amides is 2. The van der Waals surface area contributed by atoms with Crippen LogP contribution in [0.2, 0.25) is 0 Å². The highest BCUT2D eigenvalue weighted by atomic mass is 16.4. The van der Waals surface area contributed by atoms with Crippen LogP contribution in [0.15, 0.2) is 89.3 Å². The van der Waals surface area contributed by atoms with E-state index in [0.29, 0.717) is 30.4 Å². The van der Waals surface area contributed by atoms with Gasteiger partial charge in [-0.3, -0.25) is 14.4 Å². The molecule has 5 rings (SSSR count). The van der Waals surface area contributed by atoms with E-state index >= 15 is 0 Å². The van der Waals surface area contributed by atoms with Gasteiger partial charge in [-0.15, -0.1) is 0 Å². The van der Waals surface area contributed by atoms with E-state index in [1.165, 1.54) is 6.42 Å². The van der Waals surface area contributed by atoms with E-state index in [-0.39, 0.29) is 24.1 Å². The van der Waals surface area contributed by atoms with Crippen LogP contribution in [-0.2, 0) is 22.6 Å². The van der Waals surface area contributed by atoms with Crippen molar-refractivity contribution >= 4 is 28.7 Å². The van der Waals surface area contributed by atoms with Crippen LogP contribution in [-0.4, -0.2) is 33.5 Å². The van der Waals surface area contributed by atoms with Crippen LogP contribution in [0.1, 0.15) is 66.8 Å². The first-order valence-electron chi connectivity index (χ1n) is 14.6. The highest BCUT2D eigenvalue weighted by Gasteiger charge is 2.39. The summed E-state index contributed by atoms with van der Waals surface area (Å²) in [4.78, 5) is 47.3. The number of oxazole rings is 1. The summed E-state index contributed by atoms with van der Waals surface area (Å²) in [7, 11) is 0. The molecule has 2 amide bonds.